The van der Waals surface area contributed by atoms with Crippen molar-refractivity contribution in [1.29, 1.82) is 0 Å². The number of thiol groups is 1. The summed E-state index contributed by atoms with van der Waals surface area (Å²) in [6.45, 7) is 4.35. The molecule has 4 heterocycles. The highest BCUT2D eigenvalue weighted by atomic mass is 32.1. The molecule has 0 bridgehead atoms. The fourth-order valence-corrected chi connectivity index (χ4v) is 6.53. The van der Waals surface area contributed by atoms with Crippen molar-refractivity contribution in [3.63, 3.8) is 0 Å². The van der Waals surface area contributed by atoms with Crippen LogP contribution < -0.4 is 0 Å². The summed E-state index contributed by atoms with van der Waals surface area (Å²) in [6.07, 6.45) is 11.3. The van der Waals surface area contributed by atoms with Gasteiger partial charge in [-0.25, -0.2) is 9.97 Å². The van der Waals surface area contributed by atoms with Crippen LogP contribution in [0.1, 0.15) is 35.9 Å². The summed E-state index contributed by atoms with van der Waals surface area (Å²) in [7, 11) is 0. The number of aromatic nitrogens is 5. The van der Waals surface area contributed by atoms with Crippen molar-refractivity contribution in [1.82, 2.24) is 24.1 Å². The Balaban J connectivity index is 1.25. The molecule has 0 spiro atoms. The third-order valence-corrected chi connectivity index (χ3v) is 8.76. The smallest absolute Gasteiger partial charge is 0.234 e. The summed E-state index contributed by atoms with van der Waals surface area (Å²) in [5.41, 5.74) is 9.94. The zero-order chi connectivity index (χ0) is 28.4. The highest BCUT2D eigenvalue weighted by Crippen LogP contribution is 2.36. The van der Waals surface area contributed by atoms with Crippen LogP contribution in [0.5, 0.6) is 0 Å². The number of benzene rings is 3. The van der Waals surface area contributed by atoms with Gasteiger partial charge in [0.2, 0.25) is 5.95 Å². The minimum Gasteiger partial charge on any atom is -0.305 e. The van der Waals surface area contributed by atoms with Crippen molar-refractivity contribution in [3.05, 3.63) is 120 Å². The average Bonchev–Trinajstić information content (AvgIpc) is 3.53. The van der Waals surface area contributed by atoms with Gasteiger partial charge < -0.3 is 4.57 Å². The van der Waals surface area contributed by atoms with Gasteiger partial charge in [0.25, 0.3) is 0 Å². The van der Waals surface area contributed by atoms with Crippen molar-refractivity contribution in [2.24, 2.45) is 5.92 Å². The zero-order valence-corrected chi connectivity index (χ0v) is 24.3. The zero-order valence-electron chi connectivity index (χ0n) is 23.4. The lowest BCUT2D eigenvalue weighted by Gasteiger charge is -2.15. The molecule has 0 saturated carbocycles. The molecule has 0 fully saturated rings. The van der Waals surface area contributed by atoms with Crippen LogP contribution in [0.4, 0.5) is 0 Å². The van der Waals surface area contributed by atoms with Crippen molar-refractivity contribution in [2.75, 3.05) is 0 Å². The molecule has 204 valence electrons. The van der Waals surface area contributed by atoms with Crippen LogP contribution in [0, 0.1) is 5.92 Å². The Labute approximate surface area is 249 Å². The van der Waals surface area contributed by atoms with E-state index in [0.29, 0.717) is 11.9 Å². The van der Waals surface area contributed by atoms with E-state index in [1.54, 1.807) is 0 Å². The highest BCUT2D eigenvalue weighted by Gasteiger charge is 2.22. The van der Waals surface area contributed by atoms with E-state index in [1.807, 2.05) is 18.6 Å². The second-order valence-corrected chi connectivity index (χ2v) is 12.0. The standard InChI is InChI=1S/C36H29N5S/c1-22-11-16-34-29(17-22)27-7-4-6-10-33(27)41(34)36-38-19-26(20-39-36)40-32-9-5-3-8-28(32)30-18-31(37-21-35(30)40)25-14-12-24(13-15-25)23(2)42/h3-16,18-23,42H,17H2,1-2H3. The number of nitrogens with zero attached hydrogens (tertiary/aromatic N) is 5. The Bertz CT molecular complexity index is 2150. The van der Waals surface area contributed by atoms with Crippen LogP contribution in [0.25, 0.3) is 61.7 Å². The van der Waals surface area contributed by atoms with Gasteiger partial charge in [-0.15, -0.1) is 0 Å². The Morgan fingerprint density at radius 2 is 1.45 bits per heavy atom. The summed E-state index contributed by atoms with van der Waals surface area (Å²) in [5.74, 6) is 1.19. The van der Waals surface area contributed by atoms with E-state index >= 15 is 0 Å². The van der Waals surface area contributed by atoms with Gasteiger partial charge >= 0.3 is 0 Å². The Morgan fingerprint density at radius 3 is 2.19 bits per heavy atom. The Kier molecular flexibility index (Phi) is 5.79. The van der Waals surface area contributed by atoms with Crippen LogP contribution in [0.3, 0.4) is 0 Å². The second kappa shape index (κ2) is 9.71. The number of hydrogen-bond donors (Lipinski definition) is 1. The summed E-state index contributed by atoms with van der Waals surface area (Å²) in [4.78, 5) is 14.7. The number of fused-ring (bicyclic) bond motifs is 6. The molecule has 0 aliphatic heterocycles. The van der Waals surface area contributed by atoms with E-state index in [0.717, 1.165) is 45.3 Å². The molecule has 3 aromatic carbocycles. The molecule has 7 aromatic rings. The van der Waals surface area contributed by atoms with E-state index in [-0.39, 0.29) is 5.25 Å². The summed E-state index contributed by atoms with van der Waals surface area (Å²) < 4.78 is 4.40. The molecule has 1 aliphatic carbocycles. The summed E-state index contributed by atoms with van der Waals surface area (Å²) >= 11 is 4.57. The van der Waals surface area contributed by atoms with Gasteiger partial charge in [-0.1, -0.05) is 73.7 Å². The van der Waals surface area contributed by atoms with Crippen LogP contribution in [0.15, 0.2) is 104 Å². The van der Waals surface area contributed by atoms with Gasteiger partial charge in [-0.05, 0) is 54.7 Å². The molecule has 2 atom stereocenters. The molecule has 5 nitrogen and oxygen atoms in total. The molecule has 0 radical (unpaired) electrons. The van der Waals surface area contributed by atoms with Crippen molar-refractivity contribution in [2.45, 2.75) is 25.5 Å². The minimum atomic E-state index is 0.197. The van der Waals surface area contributed by atoms with E-state index in [1.165, 1.54) is 27.6 Å². The third-order valence-electron chi connectivity index (χ3n) is 8.46. The number of para-hydroxylation sites is 2. The molecule has 8 rings (SSSR count). The molecular weight excluding hydrogens is 534 g/mol. The lowest BCUT2D eigenvalue weighted by molar-refractivity contribution is 0.716. The SMILES string of the molecule is CC1C=Cc2c(c3ccccc3n2-c2ncc(-n3c4ccccc4c4cc(-c5ccc(C(C)S)cc5)ncc43)cn2)C1. The fourth-order valence-electron chi connectivity index (χ4n) is 6.36. The van der Waals surface area contributed by atoms with Gasteiger partial charge in [0, 0.05) is 27.0 Å². The molecule has 6 heteroatoms. The quantitative estimate of drug-likeness (QED) is 0.218. The fraction of sp³-hybridized carbons (Fsp3) is 0.139. The Morgan fingerprint density at radius 1 is 0.762 bits per heavy atom. The van der Waals surface area contributed by atoms with Crippen LogP contribution in [0.2, 0.25) is 0 Å². The number of hydrogen-bond acceptors (Lipinski definition) is 4. The molecule has 2 unspecified atom stereocenters. The maximum Gasteiger partial charge on any atom is 0.234 e. The molecule has 4 aromatic heterocycles. The van der Waals surface area contributed by atoms with Crippen molar-refractivity contribution >= 4 is 51.4 Å². The highest BCUT2D eigenvalue weighted by molar-refractivity contribution is 7.80. The number of pyridine rings is 1. The van der Waals surface area contributed by atoms with E-state index in [9.17, 15) is 0 Å². The topological polar surface area (TPSA) is 48.5 Å². The first kappa shape index (κ1) is 25.1. The maximum atomic E-state index is 4.93. The normalized spacial score (nSPS) is 15.5. The largest absolute Gasteiger partial charge is 0.305 e. The summed E-state index contributed by atoms with van der Waals surface area (Å²) in [6, 6.07) is 27.7. The Hall–Kier alpha value is -4.68. The molecule has 0 amide bonds. The first-order valence-corrected chi connectivity index (χ1v) is 14.9. The molecular formula is C36H29N5S. The van der Waals surface area contributed by atoms with E-state index in [4.69, 9.17) is 15.0 Å². The number of allylic oxidation sites excluding steroid dienone is 1. The first-order chi connectivity index (χ1) is 20.6. The van der Waals surface area contributed by atoms with E-state index < -0.39 is 0 Å². The molecule has 0 N–H and O–H groups in total. The molecule has 42 heavy (non-hydrogen) atoms. The van der Waals surface area contributed by atoms with Crippen LogP contribution in [-0.4, -0.2) is 24.1 Å². The first-order valence-electron chi connectivity index (χ1n) is 14.4. The predicted octanol–water partition coefficient (Wildman–Crippen LogP) is 8.78. The van der Waals surface area contributed by atoms with Gasteiger partial charge in [0.05, 0.1) is 52.2 Å². The lowest BCUT2D eigenvalue weighted by atomic mass is 9.93. The van der Waals surface area contributed by atoms with Gasteiger partial charge in [-0.3, -0.25) is 9.55 Å². The van der Waals surface area contributed by atoms with Crippen molar-refractivity contribution in [3.8, 4) is 22.9 Å². The van der Waals surface area contributed by atoms with Crippen molar-refractivity contribution < 1.29 is 0 Å². The van der Waals surface area contributed by atoms with Gasteiger partial charge in [0.1, 0.15) is 0 Å². The second-order valence-electron chi connectivity index (χ2n) is 11.2. The summed E-state index contributed by atoms with van der Waals surface area (Å²) in [5, 5.41) is 3.79. The average molecular weight is 564 g/mol. The van der Waals surface area contributed by atoms with E-state index in [2.05, 4.69) is 127 Å². The predicted molar refractivity (Wildman–Crippen MR) is 176 cm³/mol. The monoisotopic (exact) mass is 563 g/mol. The molecule has 1 aliphatic rings. The number of rotatable bonds is 4. The molecule has 0 saturated heterocycles. The van der Waals surface area contributed by atoms with Gasteiger partial charge in [0.15, 0.2) is 0 Å². The van der Waals surface area contributed by atoms with Crippen LogP contribution >= 0.6 is 12.6 Å². The third kappa shape index (κ3) is 3.90. The maximum absolute atomic E-state index is 4.93. The lowest BCUT2D eigenvalue weighted by Crippen LogP contribution is -2.08. The minimum absolute atomic E-state index is 0.197. The van der Waals surface area contributed by atoms with Gasteiger partial charge in [-0.2, -0.15) is 12.6 Å². The van der Waals surface area contributed by atoms with Crippen LogP contribution in [-0.2, 0) is 6.42 Å².